The number of hydrogen-bond donors (Lipinski definition) is 4. The summed E-state index contributed by atoms with van der Waals surface area (Å²) in [5.41, 5.74) is 3.12. The van der Waals surface area contributed by atoms with E-state index in [-0.39, 0.29) is 42.2 Å². The Bertz CT molecular complexity index is 1740. The number of nitrogens with two attached hydrogens (primary N) is 1. The minimum atomic E-state index is -3.49. The highest BCUT2D eigenvalue weighted by molar-refractivity contribution is 7.90. The van der Waals surface area contributed by atoms with Crippen LogP contribution in [-0.4, -0.2) is 93.3 Å². The molecular formula is C35H49N7O8S. The molecule has 5 N–H and O–H groups in total. The number of hydrogen-bond acceptors (Lipinski definition) is 10. The van der Waals surface area contributed by atoms with Crippen LogP contribution < -0.4 is 16.4 Å². The molecule has 0 bridgehead atoms. The molecule has 1 saturated heterocycles. The van der Waals surface area contributed by atoms with Crippen LogP contribution in [0.15, 0.2) is 35.4 Å². The Labute approximate surface area is 298 Å². The number of primary amides is 1. The molecule has 3 fully saturated rings. The van der Waals surface area contributed by atoms with E-state index in [2.05, 4.69) is 20.9 Å². The van der Waals surface area contributed by atoms with Gasteiger partial charge in [0.2, 0.25) is 17.6 Å². The average molecular weight is 728 g/mol. The summed E-state index contributed by atoms with van der Waals surface area (Å²) in [5, 5.41) is 24.5. The van der Waals surface area contributed by atoms with Crippen LogP contribution in [0, 0.1) is 5.92 Å². The topological polar surface area (TPSA) is 224 Å². The van der Waals surface area contributed by atoms with Crippen molar-refractivity contribution >= 4 is 39.2 Å². The van der Waals surface area contributed by atoms with Crippen molar-refractivity contribution in [3.63, 3.8) is 0 Å². The van der Waals surface area contributed by atoms with Gasteiger partial charge in [-0.3, -0.25) is 24.0 Å². The molecule has 16 heteroatoms. The second kappa shape index (κ2) is 15.2. The summed E-state index contributed by atoms with van der Waals surface area (Å²) in [6, 6.07) is 2.78. The van der Waals surface area contributed by atoms with Gasteiger partial charge in [-0.25, -0.2) is 13.1 Å². The normalized spacial score (nSPS) is 21.8. The molecule has 3 aliphatic rings. The van der Waals surface area contributed by atoms with Gasteiger partial charge in [-0.2, -0.15) is 0 Å². The van der Waals surface area contributed by atoms with Crippen LogP contribution >= 0.6 is 0 Å². The molecule has 2 aromatic rings. The Morgan fingerprint density at radius 2 is 1.65 bits per heavy atom. The van der Waals surface area contributed by atoms with Gasteiger partial charge in [-0.15, -0.1) is 5.10 Å². The van der Waals surface area contributed by atoms with Gasteiger partial charge < -0.3 is 26.4 Å². The number of carbonyl (C=O) groups is 5. The van der Waals surface area contributed by atoms with Crippen molar-refractivity contribution in [2.75, 3.05) is 12.8 Å². The Kier molecular flexibility index (Phi) is 11.3. The molecule has 3 atom stereocenters. The van der Waals surface area contributed by atoms with Crippen LogP contribution in [-0.2, 0) is 34.6 Å². The van der Waals surface area contributed by atoms with Crippen molar-refractivity contribution in [3.05, 3.63) is 41.7 Å². The molecule has 0 radical (unpaired) electrons. The number of carbonyl (C=O) groups excluding carboxylic acids is 5. The number of ketones is 1. The maximum Gasteiger partial charge on any atom is 0.287 e. The zero-order chi connectivity index (χ0) is 37.1. The maximum atomic E-state index is 14.7. The fourth-order valence-corrected chi connectivity index (χ4v) is 8.26. The SMILES string of the molecule is CC(C)(O)c1cn([C@H]2C[C@@H](C(=O)NC3(C(=O)C(N)=O)CCCCC3)N(C(=O)[C@@H](CC3CCCCC3)NC(=O)c3ccc(S(C)(=O)=O)cc3)C2)nn1. The molecule has 2 saturated carbocycles. The second-order valence-electron chi connectivity index (χ2n) is 14.9. The van der Waals surface area contributed by atoms with E-state index in [0.29, 0.717) is 25.0 Å². The van der Waals surface area contributed by atoms with Gasteiger partial charge >= 0.3 is 0 Å². The molecule has 1 aliphatic heterocycles. The number of sulfone groups is 1. The number of nitrogens with zero attached hydrogens (tertiary/aromatic N) is 4. The van der Waals surface area contributed by atoms with Gasteiger partial charge in [0.1, 0.15) is 28.9 Å². The molecule has 278 valence electrons. The lowest BCUT2D eigenvalue weighted by atomic mass is 9.78. The molecule has 5 rings (SSSR count). The summed E-state index contributed by atoms with van der Waals surface area (Å²) >= 11 is 0. The van der Waals surface area contributed by atoms with E-state index < -0.39 is 68.5 Å². The lowest BCUT2D eigenvalue weighted by Gasteiger charge is -2.38. The number of aromatic nitrogens is 3. The van der Waals surface area contributed by atoms with Crippen molar-refractivity contribution < 1.29 is 37.5 Å². The Balaban J connectivity index is 1.47. The third-order valence-corrected chi connectivity index (χ3v) is 11.7. The number of amides is 4. The van der Waals surface area contributed by atoms with Gasteiger partial charge in [-0.1, -0.05) is 56.6 Å². The number of Topliss-reactive ketones (excluding diaryl/α,β-unsaturated/α-hetero) is 1. The smallest absolute Gasteiger partial charge is 0.287 e. The predicted molar refractivity (Wildman–Crippen MR) is 185 cm³/mol. The minimum absolute atomic E-state index is 0.0163. The zero-order valence-electron chi connectivity index (χ0n) is 29.5. The van der Waals surface area contributed by atoms with E-state index in [1.807, 2.05) is 0 Å². The van der Waals surface area contributed by atoms with E-state index in [1.54, 1.807) is 20.0 Å². The molecule has 2 aliphatic carbocycles. The molecule has 0 unspecified atom stereocenters. The fourth-order valence-electron chi connectivity index (χ4n) is 7.63. The molecule has 1 aromatic carbocycles. The summed E-state index contributed by atoms with van der Waals surface area (Å²) in [5.74, 6) is -3.56. The molecule has 0 spiro atoms. The minimum Gasteiger partial charge on any atom is -0.384 e. The third kappa shape index (κ3) is 8.83. The number of nitrogens with one attached hydrogen (secondary N) is 2. The summed E-state index contributed by atoms with van der Waals surface area (Å²) in [6.45, 7) is 3.14. The Morgan fingerprint density at radius 3 is 2.22 bits per heavy atom. The number of likely N-dealkylation sites (tertiary alicyclic amines) is 1. The fraction of sp³-hybridized carbons (Fsp3) is 0.629. The molecule has 15 nitrogen and oxygen atoms in total. The first-order chi connectivity index (χ1) is 24.0. The first-order valence-corrected chi connectivity index (χ1v) is 19.6. The quantitative estimate of drug-likeness (QED) is 0.232. The van der Waals surface area contributed by atoms with Crippen LogP contribution in [0.25, 0.3) is 0 Å². The monoisotopic (exact) mass is 727 g/mol. The highest BCUT2D eigenvalue weighted by atomic mass is 32.2. The van der Waals surface area contributed by atoms with Crippen molar-refractivity contribution in [2.24, 2.45) is 11.7 Å². The number of aliphatic hydroxyl groups is 1. The highest BCUT2D eigenvalue weighted by Crippen LogP contribution is 2.34. The summed E-state index contributed by atoms with van der Waals surface area (Å²) in [7, 11) is -3.49. The molecule has 4 amide bonds. The zero-order valence-corrected chi connectivity index (χ0v) is 30.3. The second-order valence-corrected chi connectivity index (χ2v) is 16.9. The Hall–Kier alpha value is -4.18. The largest absolute Gasteiger partial charge is 0.384 e. The maximum absolute atomic E-state index is 14.7. The van der Waals surface area contributed by atoms with Crippen molar-refractivity contribution in [2.45, 2.75) is 125 Å². The summed E-state index contributed by atoms with van der Waals surface area (Å²) in [6.07, 6.45) is 10.4. The molecular weight excluding hydrogens is 678 g/mol. The standard InChI is InChI=1S/C35H49N7O8S/c1-34(2,48)28-21-42(40-39-28)24-19-27(32(46)38-35(29(43)30(36)44)16-8-5-9-17-35)41(20-24)33(47)26(18-22-10-6-4-7-11-22)37-31(45)23-12-14-25(15-13-23)51(3,49)50/h12-15,21-22,24,26-27,48H,4-11,16-20H2,1-3H3,(H2,36,44)(H,37,45)(H,38,46)/t24-,26+,27-/m0/s1. The Morgan fingerprint density at radius 1 is 1.02 bits per heavy atom. The molecule has 2 heterocycles. The van der Waals surface area contributed by atoms with Crippen molar-refractivity contribution in [3.8, 4) is 0 Å². The van der Waals surface area contributed by atoms with Crippen molar-refractivity contribution in [1.82, 2.24) is 30.5 Å². The van der Waals surface area contributed by atoms with E-state index in [1.165, 1.54) is 33.8 Å². The van der Waals surface area contributed by atoms with Gasteiger partial charge in [-0.05, 0) is 63.3 Å². The van der Waals surface area contributed by atoms with Gasteiger partial charge in [0.25, 0.3) is 11.8 Å². The van der Waals surface area contributed by atoms with E-state index in [4.69, 9.17) is 5.73 Å². The van der Waals surface area contributed by atoms with E-state index in [9.17, 15) is 37.5 Å². The summed E-state index contributed by atoms with van der Waals surface area (Å²) in [4.78, 5) is 69.2. The van der Waals surface area contributed by atoms with Gasteiger partial charge in [0.15, 0.2) is 9.84 Å². The molecule has 1 aromatic heterocycles. The van der Waals surface area contributed by atoms with Crippen LogP contribution in [0.2, 0.25) is 0 Å². The first kappa shape index (κ1) is 38.1. The van der Waals surface area contributed by atoms with Crippen LogP contribution in [0.4, 0.5) is 0 Å². The van der Waals surface area contributed by atoms with Crippen LogP contribution in [0.5, 0.6) is 0 Å². The van der Waals surface area contributed by atoms with Gasteiger partial charge in [0, 0.05) is 24.8 Å². The van der Waals surface area contributed by atoms with E-state index >= 15 is 0 Å². The summed E-state index contributed by atoms with van der Waals surface area (Å²) < 4.78 is 25.5. The van der Waals surface area contributed by atoms with Crippen LogP contribution in [0.1, 0.15) is 113 Å². The number of rotatable bonds is 12. The van der Waals surface area contributed by atoms with E-state index in [0.717, 1.165) is 44.8 Å². The highest BCUT2D eigenvalue weighted by Gasteiger charge is 2.49. The number of benzene rings is 1. The lowest BCUT2D eigenvalue weighted by molar-refractivity contribution is -0.145. The third-order valence-electron chi connectivity index (χ3n) is 10.5. The van der Waals surface area contributed by atoms with Crippen LogP contribution in [0.3, 0.4) is 0 Å². The predicted octanol–water partition coefficient (Wildman–Crippen LogP) is 1.69. The lowest BCUT2D eigenvalue weighted by Crippen LogP contribution is -2.62. The first-order valence-electron chi connectivity index (χ1n) is 17.7. The average Bonchev–Trinajstić information content (AvgIpc) is 3.77. The van der Waals surface area contributed by atoms with Crippen molar-refractivity contribution in [1.29, 1.82) is 0 Å². The van der Waals surface area contributed by atoms with Gasteiger partial charge in [0.05, 0.1) is 17.1 Å². The molecule has 51 heavy (non-hydrogen) atoms.